The van der Waals surface area contributed by atoms with Gasteiger partial charge in [0.25, 0.3) is 5.91 Å². The van der Waals surface area contributed by atoms with Crippen molar-refractivity contribution in [3.05, 3.63) is 35.4 Å². The molecular formula is C18H20N2O7. The molecule has 0 heterocycles. The number of hydrogen-bond acceptors (Lipinski definition) is 7. The predicted octanol–water partition coefficient (Wildman–Crippen LogP) is 0.874. The molecule has 2 atom stereocenters. The summed E-state index contributed by atoms with van der Waals surface area (Å²) in [4.78, 5) is 47.9. The molecule has 0 spiro atoms. The molecule has 144 valence electrons. The Morgan fingerprint density at radius 2 is 1.70 bits per heavy atom. The van der Waals surface area contributed by atoms with E-state index in [0.29, 0.717) is 5.56 Å². The lowest BCUT2D eigenvalue weighted by atomic mass is 9.95. The summed E-state index contributed by atoms with van der Waals surface area (Å²) in [6.45, 7) is 3.14. The van der Waals surface area contributed by atoms with Crippen LogP contribution in [0.15, 0.2) is 24.3 Å². The molecule has 9 heteroatoms. The minimum atomic E-state index is -1.70. The highest BCUT2D eigenvalue weighted by molar-refractivity contribution is 5.98. The third kappa shape index (κ3) is 6.43. The van der Waals surface area contributed by atoms with Gasteiger partial charge in [-0.05, 0) is 38.1 Å². The van der Waals surface area contributed by atoms with Gasteiger partial charge in [0.2, 0.25) is 0 Å². The molecule has 0 unspecified atom stereocenters. The Bertz CT molecular complexity index is 737. The zero-order chi connectivity index (χ0) is 20.4. The molecule has 1 aromatic rings. The molecule has 0 aliphatic carbocycles. The van der Waals surface area contributed by atoms with Gasteiger partial charge in [0.1, 0.15) is 6.04 Å². The molecule has 0 aliphatic rings. The summed E-state index contributed by atoms with van der Waals surface area (Å²) in [6, 6.07) is 5.68. The van der Waals surface area contributed by atoms with Crippen LogP contribution in [0, 0.1) is 17.2 Å². The highest BCUT2D eigenvalue weighted by Gasteiger charge is 2.38. The Balaban J connectivity index is 3.05. The van der Waals surface area contributed by atoms with Crippen LogP contribution in [0.25, 0.3) is 0 Å². The van der Waals surface area contributed by atoms with Crippen LogP contribution < -0.4 is 5.32 Å². The number of carbonyl (C=O) groups excluding carboxylic acids is 3. The van der Waals surface area contributed by atoms with E-state index < -0.39 is 42.2 Å². The normalized spacial score (nSPS) is 12.2. The molecule has 27 heavy (non-hydrogen) atoms. The number of rotatable bonds is 9. The SMILES string of the molecule is CCOC(=O)C[C@@H](C(=O)OCC)[C@@H](NC(=O)c1ccc(C#N)cc1)C(=O)O. The van der Waals surface area contributed by atoms with E-state index in [1.165, 1.54) is 31.2 Å². The number of nitrogens with one attached hydrogen (secondary N) is 1. The Kier molecular flexibility index (Phi) is 8.45. The maximum atomic E-state index is 12.3. The van der Waals surface area contributed by atoms with Crippen LogP contribution >= 0.6 is 0 Å². The minimum Gasteiger partial charge on any atom is -0.480 e. The van der Waals surface area contributed by atoms with Crippen molar-refractivity contribution >= 4 is 23.8 Å². The Hall–Kier alpha value is -3.41. The quantitative estimate of drug-likeness (QED) is 0.605. The van der Waals surface area contributed by atoms with E-state index in [2.05, 4.69) is 5.32 Å². The van der Waals surface area contributed by atoms with Crippen LogP contribution in [0.2, 0.25) is 0 Å². The number of carboxylic acids is 1. The fraction of sp³-hybridized carbons (Fsp3) is 0.389. The average Bonchev–Trinajstić information content (AvgIpc) is 2.64. The zero-order valence-electron chi connectivity index (χ0n) is 14.9. The topological polar surface area (TPSA) is 143 Å². The number of aliphatic carboxylic acids is 1. The number of carbonyl (C=O) groups is 4. The molecule has 0 saturated heterocycles. The minimum absolute atomic E-state index is 0.0198. The van der Waals surface area contributed by atoms with Gasteiger partial charge in [-0.1, -0.05) is 0 Å². The largest absolute Gasteiger partial charge is 0.480 e. The second kappa shape index (κ2) is 10.6. The van der Waals surface area contributed by atoms with Crippen molar-refractivity contribution in [3.8, 4) is 6.07 Å². The molecule has 1 aromatic carbocycles. The Morgan fingerprint density at radius 1 is 1.11 bits per heavy atom. The molecule has 0 aliphatic heterocycles. The molecular weight excluding hydrogens is 356 g/mol. The van der Waals surface area contributed by atoms with Crippen molar-refractivity contribution in [2.45, 2.75) is 26.3 Å². The summed E-state index contributed by atoms with van der Waals surface area (Å²) in [7, 11) is 0. The number of nitrogens with zero attached hydrogens (tertiary/aromatic N) is 1. The molecule has 1 rings (SSSR count). The van der Waals surface area contributed by atoms with Gasteiger partial charge in [-0.15, -0.1) is 0 Å². The van der Waals surface area contributed by atoms with Crippen LogP contribution in [0.4, 0.5) is 0 Å². The van der Waals surface area contributed by atoms with Crippen molar-refractivity contribution in [1.82, 2.24) is 5.32 Å². The van der Waals surface area contributed by atoms with Crippen molar-refractivity contribution in [2.24, 2.45) is 5.92 Å². The average molecular weight is 376 g/mol. The van der Waals surface area contributed by atoms with Crippen molar-refractivity contribution in [2.75, 3.05) is 13.2 Å². The first kappa shape index (κ1) is 21.6. The second-order valence-electron chi connectivity index (χ2n) is 5.35. The summed E-state index contributed by atoms with van der Waals surface area (Å²) in [5.41, 5.74) is 0.423. The Morgan fingerprint density at radius 3 is 2.19 bits per heavy atom. The summed E-state index contributed by atoms with van der Waals surface area (Å²) < 4.78 is 9.60. The second-order valence-corrected chi connectivity index (χ2v) is 5.35. The molecule has 0 fully saturated rings. The zero-order valence-corrected chi connectivity index (χ0v) is 14.9. The van der Waals surface area contributed by atoms with Crippen molar-refractivity contribution < 1.29 is 33.8 Å². The van der Waals surface area contributed by atoms with E-state index in [-0.39, 0.29) is 18.8 Å². The van der Waals surface area contributed by atoms with Gasteiger partial charge in [-0.3, -0.25) is 14.4 Å². The van der Waals surface area contributed by atoms with Gasteiger partial charge < -0.3 is 19.9 Å². The Labute approximate surface area is 155 Å². The van der Waals surface area contributed by atoms with E-state index >= 15 is 0 Å². The van der Waals surface area contributed by atoms with Crippen LogP contribution in [-0.4, -0.2) is 48.2 Å². The molecule has 1 amide bonds. The van der Waals surface area contributed by atoms with E-state index in [9.17, 15) is 24.3 Å². The number of benzene rings is 1. The number of nitriles is 1. The third-order valence-corrected chi connectivity index (χ3v) is 3.51. The smallest absolute Gasteiger partial charge is 0.327 e. The van der Waals surface area contributed by atoms with Crippen LogP contribution in [-0.2, 0) is 23.9 Å². The first-order valence-corrected chi connectivity index (χ1v) is 8.20. The fourth-order valence-corrected chi connectivity index (χ4v) is 2.24. The lowest BCUT2D eigenvalue weighted by molar-refractivity contribution is -0.159. The van der Waals surface area contributed by atoms with Gasteiger partial charge >= 0.3 is 17.9 Å². The molecule has 0 saturated carbocycles. The maximum absolute atomic E-state index is 12.3. The summed E-state index contributed by atoms with van der Waals surface area (Å²) >= 11 is 0. The molecule has 9 nitrogen and oxygen atoms in total. The maximum Gasteiger partial charge on any atom is 0.327 e. The van der Waals surface area contributed by atoms with Crippen LogP contribution in [0.5, 0.6) is 0 Å². The van der Waals surface area contributed by atoms with Gasteiger partial charge in [0.15, 0.2) is 0 Å². The number of carboxylic acid groups (broad SMARTS) is 1. The number of amides is 1. The van der Waals surface area contributed by atoms with Gasteiger partial charge in [-0.2, -0.15) is 5.26 Å². The third-order valence-electron chi connectivity index (χ3n) is 3.51. The van der Waals surface area contributed by atoms with Gasteiger partial charge in [0.05, 0.1) is 37.2 Å². The predicted molar refractivity (Wildman–Crippen MR) is 91.4 cm³/mol. The van der Waals surface area contributed by atoms with Crippen LogP contribution in [0.1, 0.15) is 36.2 Å². The number of esters is 2. The van der Waals surface area contributed by atoms with Crippen molar-refractivity contribution in [1.29, 1.82) is 5.26 Å². The highest BCUT2D eigenvalue weighted by Crippen LogP contribution is 2.15. The molecule has 0 aromatic heterocycles. The first-order chi connectivity index (χ1) is 12.8. The van der Waals surface area contributed by atoms with Crippen LogP contribution in [0.3, 0.4) is 0 Å². The number of hydrogen-bond donors (Lipinski definition) is 2. The highest BCUT2D eigenvalue weighted by atomic mass is 16.5. The van der Waals surface area contributed by atoms with E-state index in [1.807, 2.05) is 6.07 Å². The van der Waals surface area contributed by atoms with E-state index in [1.54, 1.807) is 6.92 Å². The molecule has 0 bridgehead atoms. The monoisotopic (exact) mass is 376 g/mol. The molecule has 2 N–H and O–H groups in total. The van der Waals surface area contributed by atoms with Crippen molar-refractivity contribution in [3.63, 3.8) is 0 Å². The van der Waals surface area contributed by atoms with Gasteiger partial charge in [-0.25, -0.2) is 4.79 Å². The standard InChI is InChI=1S/C18H20N2O7/c1-3-26-14(21)9-13(18(25)27-4-2)15(17(23)24)20-16(22)12-7-5-11(10-19)6-8-12/h5-8,13,15H,3-4,9H2,1-2H3,(H,20,22)(H,23,24)/t13-,15-/m1/s1. The fourth-order valence-electron chi connectivity index (χ4n) is 2.24. The summed E-state index contributed by atoms with van der Waals surface area (Å²) in [5, 5.41) is 20.5. The summed E-state index contributed by atoms with van der Waals surface area (Å²) in [5.74, 6) is -5.44. The molecule has 0 radical (unpaired) electrons. The van der Waals surface area contributed by atoms with Gasteiger partial charge in [0, 0.05) is 5.56 Å². The van der Waals surface area contributed by atoms with E-state index in [4.69, 9.17) is 14.7 Å². The first-order valence-electron chi connectivity index (χ1n) is 8.20. The lowest BCUT2D eigenvalue weighted by Gasteiger charge is -2.22. The number of ether oxygens (including phenoxy) is 2. The van der Waals surface area contributed by atoms with E-state index in [0.717, 1.165) is 0 Å². The lowest BCUT2D eigenvalue weighted by Crippen LogP contribution is -2.49. The summed E-state index contributed by atoms with van der Waals surface area (Å²) in [6.07, 6.45) is -0.558.